The van der Waals surface area contributed by atoms with Gasteiger partial charge in [-0.1, -0.05) is 0 Å². The van der Waals surface area contributed by atoms with Crippen molar-refractivity contribution in [2.24, 2.45) is 5.92 Å². The van der Waals surface area contributed by atoms with Gasteiger partial charge in [0.15, 0.2) is 5.82 Å². The van der Waals surface area contributed by atoms with E-state index in [9.17, 15) is 10.2 Å². The molecule has 0 bridgehead atoms. The lowest BCUT2D eigenvalue weighted by atomic mass is 9.86. The minimum Gasteiger partial charge on any atom is -0.396 e. The summed E-state index contributed by atoms with van der Waals surface area (Å²) < 4.78 is 4.00. The van der Waals surface area contributed by atoms with E-state index in [1.807, 2.05) is 35.4 Å². The molecule has 1 saturated heterocycles. The summed E-state index contributed by atoms with van der Waals surface area (Å²) in [5.74, 6) is 2.53. The van der Waals surface area contributed by atoms with Crippen molar-refractivity contribution in [1.82, 2.24) is 24.1 Å². The normalized spacial score (nSPS) is 24.6. The number of imidazole rings is 1. The van der Waals surface area contributed by atoms with Crippen molar-refractivity contribution in [3.63, 3.8) is 0 Å². The third kappa shape index (κ3) is 3.63. The van der Waals surface area contributed by atoms with Gasteiger partial charge in [0.2, 0.25) is 5.95 Å². The highest BCUT2D eigenvalue weighted by Crippen LogP contribution is 2.33. The molecular formula is C21H29N7O2. The van der Waals surface area contributed by atoms with Crippen LogP contribution in [0.15, 0.2) is 30.9 Å². The molecule has 5 rings (SSSR count). The molecule has 1 aliphatic carbocycles. The van der Waals surface area contributed by atoms with Crippen molar-refractivity contribution in [2.45, 2.75) is 50.6 Å². The molecule has 9 nitrogen and oxygen atoms in total. The molecule has 3 aromatic rings. The molecule has 9 heteroatoms. The summed E-state index contributed by atoms with van der Waals surface area (Å²) >= 11 is 0. The summed E-state index contributed by atoms with van der Waals surface area (Å²) in [6, 6.07) is 4.43. The zero-order valence-corrected chi connectivity index (χ0v) is 17.1. The number of anilines is 3. The minimum absolute atomic E-state index is 0.0686. The number of rotatable bonds is 6. The Morgan fingerprint density at radius 3 is 2.77 bits per heavy atom. The lowest BCUT2D eigenvalue weighted by molar-refractivity contribution is 0.169. The highest BCUT2D eigenvalue weighted by atomic mass is 16.3. The molecule has 3 N–H and O–H groups in total. The molecule has 0 amide bonds. The van der Waals surface area contributed by atoms with Crippen LogP contribution in [0.5, 0.6) is 0 Å². The lowest BCUT2D eigenvalue weighted by Crippen LogP contribution is -2.34. The Balaban J connectivity index is 1.38. The van der Waals surface area contributed by atoms with Gasteiger partial charge in [0.05, 0.1) is 19.0 Å². The van der Waals surface area contributed by atoms with Crippen LogP contribution in [0, 0.1) is 5.92 Å². The van der Waals surface area contributed by atoms with Crippen molar-refractivity contribution < 1.29 is 10.2 Å². The first-order valence-corrected chi connectivity index (χ1v) is 10.9. The molecule has 0 unspecified atom stereocenters. The fourth-order valence-corrected chi connectivity index (χ4v) is 4.77. The van der Waals surface area contributed by atoms with Crippen LogP contribution < -0.4 is 10.2 Å². The molecule has 0 radical (unpaired) electrons. The van der Waals surface area contributed by atoms with E-state index in [0.29, 0.717) is 30.3 Å². The maximum atomic E-state index is 9.69. The number of nitrogens with one attached hydrogen (secondary N) is 1. The average molecular weight is 412 g/mol. The Morgan fingerprint density at radius 1 is 1.10 bits per heavy atom. The van der Waals surface area contributed by atoms with E-state index in [1.165, 1.54) is 0 Å². The van der Waals surface area contributed by atoms with Gasteiger partial charge < -0.3 is 25.0 Å². The SMILES string of the molecule is OCC1CCC(n2cnc(Nc3nc(N4CCC[C@H]4CO)nn4cccc34)c2)CC1. The van der Waals surface area contributed by atoms with Crippen LogP contribution in [0.4, 0.5) is 17.6 Å². The smallest absolute Gasteiger partial charge is 0.245 e. The van der Waals surface area contributed by atoms with Crippen LogP contribution in [-0.4, -0.2) is 60.2 Å². The number of aliphatic hydroxyl groups is 2. The van der Waals surface area contributed by atoms with Gasteiger partial charge >= 0.3 is 0 Å². The number of aromatic nitrogens is 5. The van der Waals surface area contributed by atoms with Crippen molar-refractivity contribution in [2.75, 3.05) is 30.0 Å². The van der Waals surface area contributed by atoms with Crippen LogP contribution in [0.3, 0.4) is 0 Å². The molecule has 1 aliphatic heterocycles. The fourth-order valence-electron chi connectivity index (χ4n) is 4.77. The second-order valence-corrected chi connectivity index (χ2v) is 8.46. The van der Waals surface area contributed by atoms with Gasteiger partial charge in [0.25, 0.3) is 0 Å². The Hall–Kier alpha value is -2.65. The fraction of sp³-hybridized carbons (Fsp3) is 0.571. The van der Waals surface area contributed by atoms with E-state index in [4.69, 9.17) is 4.98 Å². The van der Waals surface area contributed by atoms with Crippen molar-refractivity contribution in [1.29, 1.82) is 0 Å². The summed E-state index contributed by atoms with van der Waals surface area (Å²) in [5, 5.41) is 27.1. The highest BCUT2D eigenvalue weighted by molar-refractivity contribution is 5.73. The number of hydrogen-bond acceptors (Lipinski definition) is 7. The second kappa shape index (κ2) is 8.23. The zero-order chi connectivity index (χ0) is 20.5. The van der Waals surface area contributed by atoms with E-state index >= 15 is 0 Å². The second-order valence-electron chi connectivity index (χ2n) is 8.46. The summed E-state index contributed by atoms with van der Waals surface area (Å²) in [7, 11) is 0. The monoisotopic (exact) mass is 411 g/mol. The van der Waals surface area contributed by atoms with Crippen molar-refractivity contribution in [3.8, 4) is 0 Å². The molecule has 2 aliphatic rings. The van der Waals surface area contributed by atoms with Gasteiger partial charge in [-0.05, 0) is 56.6 Å². The Kier molecular flexibility index (Phi) is 5.30. The van der Waals surface area contributed by atoms with Gasteiger partial charge in [-0.3, -0.25) is 0 Å². The number of hydrogen-bond donors (Lipinski definition) is 3. The van der Waals surface area contributed by atoms with E-state index in [-0.39, 0.29) is 12.6 Å². The van der Waals surface area contributed by atoms with Crippen LogP contribution in [0.1, 0.15) is 44.6 Å². The first-order chi connectivity index (χ1) is 14.7. The van der Waals surface area contributed by atoms with Gasteiger partial charge in [-0.25, -0.2) is 9.50 Å². The molecule has 2 fully saturated rings. The van der Waals surface area contributed by atoms with Gasteiger partial charge in [0, 0.05) is 31.6 Å². The van der Waals surface area contributed by atoms with Crippen LogP contribution in [0.2, 0.25) is 0 Å². The number of nitrogens with zero attached hydrogens (tertiary/aromatic N) is 6. The van der Waals surface area contributed by atoms with E-state index in [1.54, 1.807) is 0 Å². The Labute approximate surface area is 175 Å². The number of aliphatic hydroxyl groups excluding tert-OH is 2. The summed E-state index contributed by atoms with van der Waals surface area (Å²) in [4.78, 5) is 11.4. The topological polar surface area (TPSA) is 104 Å². The largest absolute Gasteiger partial charge is 0.396 e. The molecule has 30 heavy (non-hydrogen) atoms. The van der Waals surface area contributed by atoms with E-state index in [0.717, 1.165) is 56.4 Å². The molecule has 0 aromatic carbocycles. The van der Waals surface area contributed by atoms with Gasteiger partial charge in [-0.2, -0.15) is 4.98 Å². The summed E-state index contributed by atoms with van der Waals surface area (Å²) in [6.45, 7) is 1.25. The quantitative estimate of drug-likeness (QED) is 0.572. The van der Waals surface area contributed by atoms with Crippen LogP contribution in [0.25, 0.3) is 5.52 Å². The molecule has 1 atom stereocenters. The summed E-state index contributed by atoms with van der Waals surface area (Å²) in [6.07, 6.45) is 12.1. The first-order valence-electron chi connectivity index (χ1n) is 10.9. The number of fused-ring (bicyclic) bond motifs is 1. The van der Waals surface area contributed by atoms with Gasteiger partial charge in [0.1, 0.15) is 11.3 Å². The highest BCUT2D eigenvalue weighted by Gasteiger charge is 2.27. The lowest BCUT2D eigenvalue weighted by Gasteiger charge is -2.27. The predicted molar refractivity (Wildman–Crippen MR) is 114 cm³/mol. The van der Waals surface area contributed by atoms with Crippen molar-refractivity contribution in [3.05, 3.63) is 30.9 Å². The maximum absolute atomic E-state index is 9.69. The molecule has 3 aromatic heterocycles. The van der Waals surface area contributed by atoms with Crippen LogP contribution in [-0.2, 0) is 0 Å². The van der Waals surface area contributed by atoms with E-state index in [2.05, 4.69) is 24.9 Å². The maximum Gasteiger partial charge on any atom is 0.245 e. The third-order valence-electron chi connectivity index (χ3n) is 6.57. The third-order valence-corrected chi connectivity index (χ3v) is 6.57. The molecular weight excluding hydrogens is 382 g/mol. The Bertz CT molecular complexity index is 992. The molecule has 4 heterocycles. The average Bonchev–Trinajstić information content (AvgIpc) is 3.53. The van der Waals surface area contributed by atoms with E-state index < -0.39 is 0 Å². The Morgan fingerprint density at radius 2 is 1.97 bits per heavy atom. The minimum atomic E-state index is 0.0686. The molecule has 160 valence electrons. The molecule has 0 spiro atoms. The zero-order valence-electron chi connectivity index (χ0n) is 17.1. The van der Waals surface area contributed by atoms with Gasteiger partial charge in [-0.15, -0.1) is 5.10 Å². The first kappa shape index (κ1) is 19.3. The summed E-state index contributed by atoms with van der Waals surface area (Å²) in [5.41, 5.74) is 0.886. The predicted octanol–water partition coefficient (Wildman–Crippen LogP) is 2.35. The molecule has 1 saturated carbocycles. The standard InChI is InChI=1S/C21H29N7O2/c29-12-15-5-7-16(8-6-15)26-11-19(22-14-26)23-20-18-4-2-10-28(18)25-21(24-20)27-9-1-3-17(27)13-30/h2,4,10-11,14-17,29-30H,1,3,5-9,12-13H2,(H,23,24,25)/t15?,16?,17-/m0/s1. The van der Waals surface area contributed by atoms with Crippen LogP contribution >= 0.6 is 0 Å². The van der Waals surface area contributed by atoms with Crippen molar-refractivity contribution >= 4 is 23.1 Å².